The van der Waals surface area contributed by atoms with Gasteiger partial charge >= 0.3 is 0 Å². The van der Waals surface area contributed by atoms with Crippen molar-refractivity contribution >= 4 is 0 Å². The Morgan fingerprint density at radius 1 is 1.18 bits per heavy atom. The van der Waals surface area contributed by atoms with Gasteiger partial charge in [-0.25, -0.2) is 0 Å². The summed E-state index contributed by atoms with van der Waals surface area (Å²) in [6.07, 6.45) is 1.92. The van der Waals surface area contributed by atoms with Crippen LogP contribution in [0, 0.1) is 0 Å². The van der Waals surface area contributed by atoms with Crippen LogP contribution in [0.3, 0.4) is 0 Å². The zero-order valence-corrected chi connectivity index (χ0v) is 6.70. The van der Waals surface area contributed by atoms with Gasteiger partial charge in [-0.05, 0) is 12.8 Å². The molecule has 0 aromatic carbocycles. The molecule has 1 heterocycles. The topological polar surface area (TPSA) is 32.7 Å². The first-order valence-corrected chi connectivity index (χ1v) is 4.36. The lowest BCUT2D eigenvalue weighted by Crippen LogP contribution is -2.51. The number of aliphatic hydroxyl groups excluding tert-OH is 1. The first-order chi connectivity index (χ1) is 5.36. The number of hydrogen-bond donors (Lipinski definition) is 1. The Balaban J connectivity index is 1.76. The van der Waals surface area contributed by atoms with Crippen molar-refractivity contribution in [2.45, 2.75) is 25.0 Å². The Morgan fingerprint density at radius 3 is 2.36 bits per heavy atom. The summed E-state index contributed by atoms with van der Waals surface area (Å²) in [5.74, 6) is 0. The maximum atomic E-state index is 9.09. The smallest absolute Gasteiger partial charge is 0.0594 e. The van der Waals surface area contributed by atoms with Crippen molar-refractivity contribution in [3.05, 3.63) is 0 Å². The number of nitrogens with zero attached hydrogens (tertiary/aromatic N) is 1. The molecule has 0 aromatic rings. The van der Waals surface area contributed by atoms with Crippen LogP contribution in [0.1, 0.15) is 12.8 Å². The fourth-order valence-electron chi connectivity index (χ4n) is 1.80. The third-order valence-corrected chi connectivity index (χ3v) is 2.65. The van der Waals surface area contributed by atoms with Gasteiger partial charge in [-0.15, -0.1) is 0 Å². The molecule has 2 rings (SSSR count). The molecule has 1 saturated heterocycles. The molecule has 1 saturated carbocycles. The molecule has 3 nitrogen and oxygen atoms in total. The number of rotatable bonds is 1. The Kier molecular flexibility index (Phi) is 2.11. The van der Waals surface area contributed by atoms with Gasteiger partial charge in [0.05, 0.1) is 19.3 Å². The molecule has 1 aliphatic carbocycles. The maximum absolute atomic E-state index is 9.09. The molecule has 1 N–H and O–H groups in total. The summed E-state index contributed by atoms with van der Waals surface area (Å²) in [6.45, 7) is 3.84. The fourth-order valence-corrected chi connectivity index (χ4v) is 1.80. The molecule has 11 heavy (non-hydrogen) atoms. The van der Waals surface area contributed by atoms with E-state index in [-0.39, 0.29) is 6.10 Å². The van der Waals surface area contributed by atoms with Gasteiger partial charge in [-0.3, -0.25) is 4.90 Å². The monoisotopic (exact) mass is 157 g/mol. The zero-order valence-electron chi connectivity index (χ0n) is 6.70. The molecular formula is C8H15NO2. The van der Waals surface area contributed by atoms with E-state index in [0.717, 1.165) is 39.1 Å². The third kappa shape index (κ3) is 1.55. The van der Waals surface area contributed by atoms with Crippen LogP contribution in [0.25, 0.3) is 0 Å². The molecule has 0 spiro atoms. The van der Waals surface area contributed by atoms with Gasteiger partial charge in [-0.2, -0.15) is 0 Å². The summed E-state index contributed by atoms with van der Waals surface area (Å²) in [7, 11) is 0. The SMILES string of the molecule is O[C@H]1C[C@@H](N2CCOCC2)C1. The lowest BCUT2D eigenvalue weighted by atomic mass is 9.88. The van der Waals surface area contributed by atoms with Crippen molar-refractivity contribution in [3.8, 4) is 0 Å². The molecule has 3 heteroatoms. The fraction of sp³-hybridized carbons (Fsp3) is 1.00. The summed E-state index contributed by atoms with van der Waals surface area (Å²) < 4.78 is 5.24. The molecule has 2 aliphatic rings. The lowest BCUT2D eigenvalue weighted by molar-refractivity contribution is -0.0451. The average molecular weight is 157 g/mol. The van der Waals surface area contributed by atoms with Crippen LogP contribution in [0.5, 0.6) is 0 Å². The van der Waals surface area contributed by atoms with E-state index in [9.17, 15) is 0 Å². The van der Waals surface area contributed by atoms with Crippen molar-refractivity contribution in [1.29, 1.82) is 0 Å². The van der Waals surface area contributed by atoms with Crippen LogP contribution in [0.2, 0.25) is 0 Å². The minimum Gasteiger partial charge on any atom is -0.393 e. The van der Waals surface area contributed by atoms with Crippen molar-refractivity contribution in [1.82, 2.24) is 4.90 Å². The van der Waals surface area contributed by atoms with Crippen LogP contribution >= 0.6 is 0 Å². The molecule has 1 aliphatic heterocycles. The Bertz CT molecular complexity index is 128. The highest BCUT2D eigenvalue weighted by atomic mass is 16.5. The van der Waals surface area contributed by atoms with E-state index in [2.05, 4.69) is 4.90 Å². The van der Waals surface area contributed by atoms with Gasteiger partial charge in [0.1, 0.15) is 0 Å². The summed E-state index contributed by atoms with van der Waals surface area (Å²) in [5.41, 5.74) is 0. The zero-order chi connectivity index (χ0) is 7.68. The molecule has 0 atom stereocenters. The summed E-state index contributed by atoms with van der Waals surface area (Å²) >= 11 is 0. The van der Waals surface area contributed by atoms with E-state index in [1.54, 1.807) is 0 Å². The number of morpholine rings is 1. The van der Waals surface area contributed by atoms with E-state index in [0.29, 0.717) is 6.04 Å². The van der Waals surface area contributed by atoms with Crippen molar-refractivity contribution in [2.75, 3.05) is 26.3 Å². The number of aliphatic hydroxyl groups is 1. The summed E-state index contributed by atoms with van der Waals surface area (Å²) in [6, 6.07) is 0.647. The van der Waals surface area contributed by atoms with Gasteiger partial charge in [0.25, 0.3) is 0 Å². The number of hydrogen-bond acceptors (Lipinski definition) is 3. The van der Waals surface area contributed by atoms with Crippen LogP contribution in [0.4, 0.5) is 0 Å². The molecule has 0 amide bonds. The normalized spacial score (nSPS) is 40.1. The Hall–Kier alpha value is -0.120. The number of ether oxygens (including phenoxy) is 1. The van der Waals surface area contributed by atoms with Crippen LogP contribution in [0.15, 0.2) is 0 Å². The average Bonchev–Trinajstić information content (AvgIpc) is 2.01. The molecule has 0 aromatic heterocycles. The Labute approximate surface area is 66.9 Å². The molecule has 0 bridgehead atoms. The van der Waals surface area contributed by atoms with Gasteiger partial charge in [-0.1, -0.05) is 0 Å². The first-order valence-electron chi connectivity index (χ1n) is 4.36. The second-order valence-corrected chi connectivity index (χ2v) is 3.43. The van der Waals surface area contributed by atoms with Crippen molar-refractivity contribution in [2.24, 2.45) is 0 Å². The minimum atomic E-state index is -0.0251. The van der Waals surface area contributed by atoms with Crippen LogP contribution in [-0.2, 0) is 4.74 Å². The highest BCUT2D eigenvalue weighted by Gasteiger charge is 2.32. The van der Waals surface area contributed by atoms with Crippen LogP contribution in [-0.4, -0.2) is 48.5 Å². The van der Waals surface area contributed by atoms with Gasteiger partial charge < -0.3 is 9.84 Å². The highest BCUT2D eigenvalue weighted by Crippen LogP contribution is 2.25. The molecular weight excluding hydrogens is 142 g/mol. The van der Waals surface area contributed by atoms with E-state index < -0.39 is 0 Å². The molecule has 0 radical (unpaired) electrons. The maximum Gasteiger partial charge on any atom is 0.0594 e. The molecule has 2 fully saturated rings. The van der Waals surface area contributed by atoms with Gasteiger partial charge in [0, 0.05) is 19.1 Å². The van der Waals surface area contributed by atoms with Crippen molar-refractivity contribution in [3.63, 3.8) is 0 Å². The highest BCUT2D eigenvalue weighted by molar-refractivity contribution is 4.87. The standard InChI is InChI=1S/C8H15NO2/c10-8-5-7(6-8)9-1-3-11-4-2-9/h7-8,10H,1-6H2/t7-,8+. The van der Waals surface area contributed by atoms with Crippen molar-refractivity contribution < 1.29 is 9.84 Å². The lowest BCUT2D eigenvalue weighted by Gasteiger charge is -2.42. The van der Waals surface area contributed by atoms with E-state index in [4.69, 9.17) is 9.84 Å². The Morgan fingerprint density at radius 2 is 1.82 bits per heavy atom. The van der Waals surface area contributed by atoms with Gasteiger partial charge in [0.2, 0.25) is 0 Å². The quantitative estimate of drug-likeness (QED) is 0.574. The summed E-state index contributed by atoms with van der Waals surface area (Å²) in [5, 5.41) is 9.09. The van der Waals surface area contributed by atoms with E-state index in [1.165, 1.54) is 0 Å². The molecule has 64 valence electrons. The van der Waals surface area contributed by atoms with Gasteiger partial charge in [0.15, 0.2) is 0 Å². The predicted molar refractivity (Wildman–Crippen MR) is 41.4 cm³/mol. The first kappa shape index (κ1) is 7.53. The third-order valence-electron chi connectivity index (χ3n) is 2.65. The predicted octanol–water partition coefficient (Wildman–Crippen LogP) is -0.158. The second kappa shape index (κ2) is 3.09. The second-order valence-electron chi connectivity index (χ2n) is 3.43. The summed E-state index contributed by atoms with van der Waals surface area (Å²) in [4.78, 5) is 2.43. The van der Waals surface area contributed by atoms with Crippen LogP contribution < -0.4 is 0 Å². The molecule has 0 unspecified atom stereocenters. The largest absolute Gasteiger partial charge is 0.393 e. The minimum absolute atomic E-state index is 0.0251. The van der Waals surface area contributed by atoms with E-state index in [1.807, 2.05) is 0 Å². The van der Waals surface area contributed by atoms with E-state index >= 15 is 0 Å².